The number of fused-ring (bicyclic) bond motifs is 4. The predicted octanol–water partition coefficient (Wildman–Crippen LogP) is 4.97. The lowest BCUT2D eigenvalue weighted by molar-refractivity contribution is 0.0307. The fourth-order valence-corrected chi connectivity index (χ4v) is 5.10. The minimum Gasteiger partial charge on any atom is -0.508 e. The Bertz CT molecular complexity index is 747. The SMILES string of the molecule is C[C@@H]1[C@@H]2Cc3ccc(O)cc3[C@]1(C)CCN2CCCc1ccccc1.Cl. The van der Waals surface area contributed by atoms with Gasteiger partial charge in [-0.25, -0.2) is 0 Å². The summed E-state index contributed by atoms with van der Waals surface area (Å²) < 4.78 is 0. The van der Waals surface area contributed by atoms with Gasteiger partial charge < -0.3 is 5.11 Å². The highest BCUT2D eigenvalue weighted by atomic mass is 35.5. The van der Waals surface area contributed by atoms with Crippen LogP contribution in [0.25, 0.3) is 0 Å². The number of phenols is 1. The lowest BCUT2D eigenvalue weighted by atomic mass is 9.59. The molecule has 0 aromatic heterocycles. The number of phenolic OH excluding ortho intramolecular Hbond substituents is 1. The molecule has 1 aliphatic heterocycles. The van der Waals surface area contributed by atoms with Crippen LogP contribution in [0.15, 0.2) is 48.5 Å². The Morgan fingerprint density at radius 2 is 1.92 bits per heavy atom. The topological polar surface area (TPSA) is 23.5 Å². The first kappa shape index (κ1) is 19.3. The number of benzene rings is 2. The fraction of sp³-hybridized carbons (Fsp3) is 0.478. The van der Waals surface area contributed by atoms with Crippen molar-refractivity contribution in [2.24, 2.45) is 5.92 Å². The van der Waals surface area contributed by atoms with Gasteiger partial charge in [-0.05, 0) is 78.9 Å². The molecule has 1 N–H and O–H groups in total. The summed E-state index contributed by atoms with van der Waals surface area (Å²) in [7, 11) is 0. The van der Waals surface area contributed by atoms with Crippen LogP contribution in [0.4, 0.5) is 0 Å². The third kappa shape index (κ3) is 3.37. The van der Waals surface area contributed by atoms with Crippen LogP contribution in [0.5, 0.6) is 5.75 Å². The highest BCUT2D eigenvalue weighted by Crippen LogP contribution is 2.49. The highest BCUT2D eigenvalue weighted by molar-refractivity contribution is 5.85. The molecule has 140 valence electrons. The van der Waals surface area contributed by atoms with Crippen molar-refractivity contribution in [2.45, 2.75) is 51.0 Å². The standard InChI is InChI=1S/C23H29NO.ClH/c1-17-22-15-19-10-11-20(25)16-21(19)23(17,2)12-14-24(22)13-6-9-18-7-4-3-5-8-18;/h3-5,7-8,10-11,16-17,22,25H,6,9,12-15H2,1-2H3;1H/t17-,22+,23-;/m1./s1. The highest BCUT2D eigenvalue weighted by Gasteiger charge is 2.48. The fourth-order valence-electron chi connectivity index (χ4n) is 5.10. The molecule has 1 aliphatic carbocycles. The number of aromatic hydroxyl groups is 1. The molecule has 3 heteroatoms. The average molecular weight is 372 g/mol. The van der Waals surface area contributed by atoms with Crippen molar-refractivity contribution >= 4 is 12.4 Å². The van der Waals surface area contributed by atoms with Crippen LogP contribution >= 0.6 is 12.4 Å². The monoisotopic (exact) mass is 371 g/mol. The maximum absolute atomic E-state index is 9.95. The van der Waals surface area contributed by atoms with Crippen LogP contribution in [0, 0.1) is 5.92 Å². The summed E-state index contributed by atoms with van der Waals surface area (Å²) in [6.45, 7) is 7.19. The van der Waals surface area contributed by atoms with E-state index in [1.54, 1.807) is 0 Å². The Balaban J connectivity index is 0.00000196. The van der Waals surface area contributed by atoms with Crippen LogP contribution in [0.3, 0.4) is 0 Å². The van der Waals surface area contributed by atoms with Gasteiger partial charge in [0.1, 0.15) is 5.75 Å². The molecule has 2 nitrogen and oxygen atoms in total. The summed E-state index contributed by atoms with van der Waals surface area (Å²) in [5.41, 5.74) is 4.48. The van der Waals surface area contributed by atoms with E-state index in [0.29, 0.717) is 17.7 Å². The van der Waals surface area contributed by atoms with Crippen LogP contribution in [0.1, 0.15) is 43.4 Å². The summed E-state index contributed by atoms with van der Waals surface area (Å²) in [5, 5.41) is 9.95. The minimum absolute atomic E-state index is 0. The lowest BCUT2D eigenvalue weighted by Gasteiger charge is -2.54. The maximum Gasteiger partial charge on any atom is 0.115 e. The predicted molar refractivity (Wildman–Crippen MR) is 110 cm³/mol. The molecule has 2 aromatic rings. The maximum atomic E-state index is 9.95. The third-order valence-electron chi connectivity index (χ3n) is 6.86. The zero-order valence-corrected chi connectivity index (χ0v) is 16.6. The van der Waals surface area contributed by atoms with Gasteiger partial charge in [0.05, 0.1) is 0 Å². The first-order valence-electron chi connectivity index (χ1n) is 9.68. The average Bonchev–Trinajstić information content (AvgIpc) is 2.62. The molecule has 1 saturated heterocycles. The summed E-state index contributed by atoms with van der Waals surface area (Å²) in [6, 6.07) is 17.5. The van der Waals surface area contributed by atoms with E-state index in [2.05, 4.69) is 55.1 Å². The number of nitrogens with zero attached hydrogens (tertiary/aromatic N) is 1. The van der Waals surface area contributed by atoms with Gasteiger partial charge in [-0.15, -0.1) is 12.4 Å². The molecule has 2 bridgehead atoms. The Labute approximate surface area is 163 Å². The number of hydrogen-bond acceptors (Lipinski definition) is 2. The molecule has 26 heavy (non-hydrogen) atoms. The van der Waals surface area contributed by atoms with Crippen LogP contribution in [-0.4, -0.2) is 29.1 Å². The second-order valence-corrected chi connectivity index (χ2v) is 8.19. The zero-order chi connectivity index (χ0) is 17.4. The van der Waals surface area contributed by atoms with Crippen LogP contribution in [-0.2, 0) is 18.3 Å². The van der Waals surface area contributed by atoms with Gasteiger partial charge in [-0.3, -0.25) is 4.90 Å². The smallest absolute Gasteiger partial charge is 0.115 e. The van der Waals surface area contributed by atoms with Gasteiger partial charge in [0, 0.05) is 6.04 Å². The number of hydrogen-bond donors (Lipinski definition) is 1. The molecule has 2 aromatic carbocycles. The third-order valence-corrected chi connectivity index (χ3v) is 6.86. The van der Waals surface area contributed by atoms with E-state index in [1.165, 1.54) is 49.0 Å². The molecule has 0 spiro atoms. The zero-order valence-electron chi connectivity index (χ0n) is 15.8. The molecule has 1 fully saturated rings. The molecular formula is C23H30ClNO. The Hall–Kier alpha value is -1.51. The molecule has 3 atom stereocenters. The number of halogens is 1. The normalized spacial score (nSPS) is 27.5. The van der Waals surface area contributed by atoms with Gasteiger partial charge in [-0.1, -0.05) is 50.2 Å². The van der Waals surface area contributed by atoms with E-state index in [4.69, 9.17) is 0 Å². The Kier molecular flexibility index (Phi) is 5.64. The van der Waals surface area contributed by atoms with Crippen LogP contribution < -0.4 is 0 Å². The second kappa shape index (κ2) is 7.62. The first-order chi connectivity index (χ1) is 12.1. The molecule has 1 heterocycles. The van der Waals surface area contributed by atoms with E-state index in [9.17, 15) is 5.11 Å². The molecule has 0 saturated carbocycles. The summed E-state index contributed by atoms with van der Waals surface area (Å²) in [4.78, 5) is 2.73. The molecule has 4 rings (SSSR count). The van der Waals surface area contributed by atoms with Gasteiger partial charge in [-0.2, -0.15) is 0 Å². The summed E-state index contributed by atoms with van der Waals surface area (Å²) in [5.74, 6) is 1.04. The van der Waals surface area contributed by atoms with E-state index >= 15 is 0 Å². The number of likely N-dealkylation sites (tertiary alicyclic amines) is 1. The van der Waals surface area contributed by atoms with Crippen molar-refractivity contribution in [2.75, 3.05) is 13.1 Å². The number of aryl methyl sites for hydroxylation is 1. The van der Waals surface area contributed by atoms with Crippen LogP contribution in [0.2, 0.25) is 0 Å². The minimum atomic E-state index is 0. The molecule has 0 radical (unpaired) electrons. The molecule has 2 aliphatic rings. The second-order valence-electron chi connectivity index (χ2n) is 8.19. The Morgan fingerprint density at radius 3 is 2.69 bits per heavy atom. The number of rotatable bonds is 4. The van der Waals surface area contributed by atoms with E-state index in [1.807, 2.05) is 12.1 Å². The molecule has 0 amide bonds. The van der Waals surface area contributed by atoms with Crippen molar-refractivity contribution in [3.63, 3.8) is 0 Å². The summed E-state index contributed by atoms with van der Waals surface area (Å²) in [6.07, 6.45) is 4.71. The van der Waals surface area contributed by atoms with Crippen molar-refractivity contribution in [3.8, 4) is 5.75 Å². The van der Waals surface area contributed by atoms with Crippen molar-refractivity contribution in [3.05, 3.63) is 65.2 Å². The van der Waals surface area contributed by atoms with E-state index < -0.39 is 0 Å². The Morgan fingerprint density at radius 1 is 1.15 bits per heavy atom. The molecule has 0 unspecified atom stereocenters. The van der Waals surface area contributed by atoms with Crippen molar-refractivity contribution in [1.82, 2.24) is 4.90 Å². The van der Waals surface area contributed by atoms with E-state index in [-0.39, 0.29) is 17.8 Å². The van der Waals surface area contributed by atoms with Crippen molar-refractivity contribution < 1.29 is 5.11 Å². The van der Waals surface area contributed by atoms with E-state index in [0.717, 1.165) is 6.42 Å². The number of piperidine rings is 1. The van der Waals surface area contributed by atoms with Crippen molar-refractivity contribution in [1.29, 1.82) is 0 Å². The first-order valence-corrected chi connectivity index (χ1v) is 9.68. The molecular weight excluding hydrogens is 342 g/mol. The van der Waals surface area contributed by atoms with Gasteiger partial charge in [0.2, 0.25) is 0 Å². The van der Waals surface area contributed by atoms with Gasteiger partial charge in [0.15, 0.2) is 0 Å². The lowest BCUT2D eigenvalue weighted by Crippen LogP contribution is -2.58. The van der Waals surface area contributed by atoms with Gasteiger partial charge in [0.25, 0.3) is 0 Å². The van der Waals surface area contributed by atoms with Gasteiger partial charge >= 0.3 is 0 Å². The quantitative estimate of drug-likeness (QED) is 0.820. The summed E-state index contributed by atoms with van der Waals surface area (Å²) >= 11 is 0. The largest absolute Gasteiger partial charge is 0.508 e.